The smallest absolute Gasteiger partial charge is 0.323 e. The molecule has 0 saturated heterocycles. The highest BCUT2D eigenvalue weighted by Gasteiger charge is 2.33. The van der Waals surface area contributed by atoms with Crippen molar-refractivity contribution >= 4 is 5.97 Å². The van der Waals surface area contributed by atoms with E-state index in [2.05, 4.69) is 12.2 Å². The van der Waals surface area contributed by atoms with Gasteiger partial charge < -0.3 is 15.2 Å². The van der Waals surface area contributed by atoms with Crippen LogP contribution in [0.3, 0.4) is 0 Å². The van der Waals surface area contributed by atoms with Crippen LogP contribution in [-0.2, 0) is 9.53 Å². The maximum atomic E-state index is 11.2. The van der Waals surface area contributed by atoms with E-state index in [1.54, 1.807) is 6.92 Å². The molecule has 2 unspecified atom stereocenters. The van der Waals surface area contributed by atoms with Gasteiger partial charge in [0, 0.05) is 13.0 Å². The van der Waals surface area contributed by atoms with E-state index in [0.717, 1.165) is 12.8 Å². The normalized spacial score (nSPS) is 16.8. The minimum Gasteiger partial charge on any atom is -0.480 e. The van der Waals surface area contributed by atoms with Crippen molar-refractivity contribution < 1.29 is 14.6 Å². The molecule has 16 heavy (non-hydrogen) atoms. The summed E-state index contributed by atoms with van der Waals surface area (Å²) in [4.78, 5) is 11.2. The van der Waals surface area contributed by atoms with Crippen molar-refractivity contribution in [1.29, 1.82) is 0 Å². The van der Waals surface area contributed by atoms with Gasteiger partial charge in [0.2, 0.25) is 0 Å². The largest absolute Gasteiger partial charge is 0.480 e. The molecule has 0 amide bonds. The molecule has 4 nitrogen and oxygen atoms in total. The van der Waals surface area contributed by atoms with Gasteiger partial charge in [0.05, 0.1) is 6.10 Å². The van der Waals surface area contributed by atoms with Crippen LogP contribution in [-0.4, -0.2) is 35.9 Å². The average Bonchev–Trinajstić information content (AvgIpc) is 2.18. The van der Waals surface area contributed by atoms with Crippen molar-refractivity contribution in [1.82, 2.24) is 5.32 Å². The predicted octanol–water partition coefficient (Wildman–Crippen LogP) is 2.03. The van der Waals surface area contributed by atoms with Crippen LogP contribution < -0.4 is 5.32 Å². The van der Waals surface area contributed by atoms with E-state index >= 15 is 0 Å². The molecule has 2 N–H and O–H groups in total. The van der Waals surface area contributed by atoms with Gasteiger partial charge in [0.15, 0.2) is 0 Å². The number of carbonyl (C=O) groups is 1. The Kier molecular flexibility index (Phi) is 7.34. The summed E-state index contributed by atoms with van der Waals surface area (Å²) < 4.78 is 5.57. The minimum atomic E-state index is -0.889. The van der Waals surface area contributed by atoms with Crippen molar-refractivity contribution in [2.75, 3.05) is 13.2 Å². The summed E-state index contributed by atoms with van der Waals surface area (Å²) in [5.41, 5.74) is -0.889. The Morgan fingerprint density at radius 3 is 2.56 bits per heavy atom. The second kappa shape index (κ2) is 7.63. The number of nitrogens with one attached hydrogen (secondary N) is 1. The molecule has 0 saturated carbocycles. The van der Waals surface area contributed by atoms with Crippen molar-refractivity contribution in [3.05, 3.63) is 0 Å². The van der Waals surface area contributed by atoms with E-state index in [9.17, 15) is 4.79 Å². The fourth-order valence-electron chi connectivity index (χ4n) is 1.69. The Labute approximate surface area is 98.4 Å². The third-order valence-electron chi connectivity index (χ3n) is 2.63. The Bertz CT molecular complexity index is 208. The molecular weight excluding hydrogens is 206 g/mol. The SMILES string of the molecule is CCCCOC(C)CC(C)(NCC)C(=O)O. The van der Waals surface area contributed by atoms with E-state index < -0.39 is 11.5 Å². The van der Waals surface area contributed by atoms with Gasteiger partial charge in [-0.05, 0) is 26.8 Å². The molecule has 0 aliphatic rings. The molecule has 0 rings (SSSR count). The molecule has 0 aliphatic heterocycles. The Morgan fingerprint density at radius 1 is 1.50 bits per heavy atom. The lowest BCUT2D eigenvalue weighted by Gasteiger charge is -2.28. The average molecular weight is 231 g/mol. The van der Waals surface area contributed by atoms with Crippen molar-refractivity contribution in [2.24, 2.45) is 0 Å². The van der Waals surface area contributed by atoms with Crippen LogP contribution in [0, 0.1) is 0 Å². The first-order chi connectivity index (χ1) is 7.46. The predicted molar refractivity (Wildman–Crippen MR) is 64.7 cm³/mol. The quantitative estimate of drug-likeness (QED) is 0.596. The Hall–Kier alpha value is -0.610. The van der Waals surface area contributed by atoms with Gasteiger partial charge in [0.1, 0.15) is 5.54 Å². The van der Waals surface area contributed by atoms with Gasteiger partial charge in [-0.15, -0.1) is 0 Å². The molecule has 0 aliphatic carbocycles. The molecule has 96 valence electrons. The fourth-order valence-corrected chi connectivity index (χ4v) is 1.69. The van der Waals surface area contributed by atoms with E-state index in [-0.39, 0.29) is 6.10 Å². The molecule has 4 heteroatoms. The summed E-state index contributed by atoms with van der Waals surface area (Å²) in [5.74, 6) is -0.819. The summed E-state index contributed by atoms with van der Waals surface area (Å²) in [5, 5.41) is 12.2. The molecule has 0 fully saturated rings. The van der Waals surface area contributed by atoms with Crippen LogP contribution in [0.25, 0.3) is 0 Å². The number of likely N-dealkylation sites (N-methyl/N-ethyl adjacent to an activating group) is 1. The third kappa shape index (κ3) is 5.47. The number of hydrogen-bond donors (Lipinski definition) is 2. The Balaban J connectivity index is 4.13. The van der Waals surface area contributed by atoms with Crippen molar-refractivity contribution in [3.63, 3.8) is 0 Å². The summed E-state index contributed by atoms with van der Waals surface area (Å²) in [6.45, 7) is 8.99. The molecular formula is C12H25NO3. The summed E-state index contributed by atoms with van der Waals surface area (Å²) in [6, 6.07) is 0. The second-order valence-electron chi connectivity index (χ2n) is 4.41. The van der Waals surface area contributed by atoms with Gasteiger partial charge in [-0.3, -0.25) is 4.79 Å². The lowest BCUT2D eigenvalue weighted by Crippen LogP contribution is -2.51. The topological polar surface area (TPSA) is 58.6 Å². The minimum absolute atomic E-state index is 0.0355. The van der Waals surface area contributed by atoms with Crippen LogP contribution in [0.4, 0.5) is 0 Å². The van der Waals surface area contributed by atoms with Crippen LogP contribution in [0.1, 0.15) is 47.0 Å². The number of carboxylic acids is 1. The summed E-state index contributed by atoms with van der Waals surface area (Å²) in [7, 11) is 0. The lowest BCUT2D eigenvalue weighted by atomic mass is 9.95. The molecule has 0 radical (unpaired) electrons. The number of hydrogen-bond acceptors (Lipinski definition) is 3. The number of carboxylic acid groups (broad SMARTS) is 1. The summed E-state index contributed by atoms with van der Waals surface area (Å²) >= 11 is 0. The molecule has 0 bridgehead atoms. The van der Waals surface area contributed by atoms with Crippen LogP contribution in [0.15, 0.2) is 0 Å². The zero-order chi connectivity index (χ0) is 12.6. The van der Waals surface area contributed by atoms with Crippen LogP contribution >= 0.6 is 0 Å². The van der Waals surface area contributed by atoms with Crippen molar-refractivity contribution in [3.8, 4) is 0 Å². The number of aliphatic carboxylic acids is 1. The standard InChI is InChI=1S/C12H25NO3/c1-5-7-8-16-10(3)9-12(4,11(14)15)13-6-2/h10,13H,5-9H2,1-4H3,(H,14,15). The molecule has 0 aromatic heterocycles. The molecule has 2 atom stereocenters. The molecule has 0 aromatic rings. The first-order valence-electron chi connectivity index (χ1n) is 6.06. The number of ether oxygens (including phenoxy) is 1. The van der Waals surface area contributed by atoms with Gasteiger partial charge in [-0.25, -0.2) is 0 Å². The van der Waals surface area contributed by atoms with E-state index in [1.807, 2.05) is 13.8 Å². The molecule has 0 aromatic carbocycles. The van der Waals surface area contributed by atoms with Crippen molar-refractivity contribution in [2.45, 2.75) is 58.6 Å². The second-order valence-corrected chi connectivity index (χ2v) is 4.41. The van der Waals surface area contributed by atoms with E-state index in [0.29, 0.717) is 19.6 Å². The maximum Gasteiger partial charge on any atom is 0.323 e. The first-order valence-corrected chi connectivity index (χ1v) is 6.06. The Morgan fingerprint density at radius 2 is 2.12 bits per heavy atom. The summed E-state index contributed by atoms with van der Waals surface area (Å²) in [6.07, 6.45) is 2.57. The van der Waals surface area contributed by atoms with Gasteiger partial charge in [-0.2, -0.15) is 0 Å². The zero-order valence-corrected chi connectivity index (χ0v) is 10.9. The highest BCUT2D eigenvalue weighted by atomic mass is 16.5. The van der Waals surface area contributed by atoms with E-state index in [4.69, 9.17) is 9.84 Å². The van der Waals surface area contributed by atoms with Crippen LogP contribution in [0.5, 0.6) is 0 Å². The monoisotopic (exact) mass is 231 g/mol. The fraction of sp³-hybridized carbons (Fsp3) is 0.917. The molecule has 0 heterocycles. The highest BCUT2D eigenvalue weighted by molar-refractivity contribution is 5.78. The van der Waals surface area contributed by atoms with Gasteiger partial charge >= 0.3 is 5.97 Å². The van der Waals surface area contributed by atoms with Gasteiger partial charge in [0.25, 0.3) is 0 Å². The van der Waals surface area contributed by atoms with Gasteiger partial charge in [-0.1, -0.05) is 20.3 Å². The number of unbranched alkanes of at least 4 members (excludes halogenated alkanes) is 1. The van der Waals surface area contributed by atoms with Crippen LogP contribution in [0.2, 0.25) is 0 Å². The number of rotatable bonds is 9. The van der Waals surface area contributed by atoms with E-state index in [1.165, 1.54) is 0 Å². The first kappa shape index (κ1) is 15.4. The zero-order valence-electron chi connectivity index (χ0n) is 10.9. The molecule has 0 spiro atoms. The third-order valence-corrected chi connectivity index (χ3v) is 2.63. The lowest BCUT2D eigenvalue weighted by molar-refractivity contribution is -0.145. The maximum absolute atomic E-state index is 11.2. The highest BCUT2D eigenvalue weighted by Crippen LogP contribution is 2.15.